The summed E-state index contributed by atoms with van der Waals surface area (Å²) in [5, 5.41) is 12.6. The molecule has 5 heteroatoms. The smallest absolute Gasteiger partial charge is 0.321 e. The van der Waals surface area contributed by atoms with Gasteiger partial charge in [-0.25, -0.2) is 4.79 Å². The third-order valence-corrected chi connectivity index (χ3v) is 5.16. The topological polar surface area (TPSA) is 52.6 Å². The van der Waals surface area contributed by atoms with Crippen molar-refractivity contribution >= 4 is 23.5 Å². The number of carbonyl (C=O) groups is 1. The number of benzene rings is 1. The van der Waals surface area contributed by atoms with Gasteiger partial charge in [0.1, 0.15) is 0 Å². The quantitative estimate of drug-likeness (QED) is 0.813. The van der Waals surface area contributed by atoms with Crippen molar-refractivity contribution in [2.24, 2.45) is 5.92 Å². The van der Waals surface area contributed by atoms with Crippen LogP contribution < -0.4 is 5.32 Å². The Hall–Kier alpha value is -1.20. The second-order valence-corrected chi connectivity index (χ2v) is 9.13. The standard InChI is InChI=1S/C18H28N2O2S/c1-13(21)14-9-11-20(12-10-14)17(22)19-15-5-7-16(8-6-15)23-18(2,3)4/h5-8,13-14,21H,9-12H2,1-4H3,(H,19,22). The molecule has 1 aliphatic heterocycles. The molecule has 1 atom stereocenters. The van der Waals surface area contributed by atoms with Gasteiger partial charge in [0, 0.05) is 28.4 Å². The number of hydrogen-bond acceptors (Lipinski definition) is 3. The molecule has 1 unspecified atom stereocenters. The number of aliphatic hydroxyl groups excluding tert-OH is 1. The average Bonchev–Trinajstić information content (AvgIpc) is 2.48. The normalized spacial score (nSPS) is 17.9. The van der Waals surface area contributed by atoms with Crippen molar-refractivity contribution in [3.63, 3.8) is 0 Å². The van der Waals surface area contributed by atoms with Gasteiger partial charge in [0.2, 0.25) is 0 Å². The fraction of sp³-hybridized carbons (Fsp3) is 0.611. The molecular formula is C18H28N2O2S. The molecule has 0 aromatic heterocycles. The van der Waals surface area contributed by atoms with Gasteiger partial charge < -0.3 is 15.3 Å². The van der Waals surface area contributed by atoms with Gasteiger partial charge in [-0.05, 0) is 49.9 Å². The fourth-order valence-corrected chi connectivity index (χ4v) is 3.73. The molecule has 0 aliphatic carbocycles. The Labute approximate surface area is 143 Å². The van der Waals surface area contributed by atoms with E-state index in [0.717, 1.165) is 18.5 Å². The molecular weight excluding hydrogens is 308 g/mol. The van der Waals surface area contributed by atoms with Gasteiger partial charge in [0.15, 0.2) is 0 Å². The van der Waals surface area contributed by atoms with Crippen LogP contribution in [0.2, 0.25) is 0 Å². The van der Waals surface area contributed by atoms with Crippen LogP contribution >= 0.6 is 11.8 Å². The van der Waals surface area contributed by atoms with Crippen LogP contribution in [-0.2, 0) is 0 Å². The highest BCUT2D eigenvalue weighted by atomic mass is 32.2. The zero-order chi connectivity index (χ0) is 17.0. The van der Waals surface area contributed by atoms with E-state index in [2.05, 4.69) is 26.1 Å². The Kier molecular flexibility index (Phi) is 5.98. The summed E-state index contributed by atoms with van der Waals surface area (Å²) in [6.07, 6.45) is 1.45. The first-order valence-electron chi connectivity index (χ1n) is 8.28. The molecule has 1 fully saturated rings. The number of likely N-dealkylation sites (tertiary alicyclic amines) is 1. The van der Waals surface area contributed by atoms with E-state index in [1.165, 1.54) is 4.90 Å². The van der Waals surface area contributed by atoms with Gasteiger partial charge in [-0.3, -0.25) is 0 Å². The lowest BCUT2D eigenvalue weighted by Crippen LogP contribution is -2.42. The fourth-order valence-electron chi connectivity index (χ4n) is 2.75. The first-order chi connectivity index (χ1) is 10.7. The van der Waals surface area contributed by atoms with Crippen molar-refractivity contribution < 1.29 is 9.90 Å². The predicted molar refractivity (Wildman–Crippen MR) is 97.0 cm³/mol. The molecule has 2 amide bonds. The molecule has 1 aromatic carbocycles. The molecule has 1 saturated heterocycles. The van der Waals surface area contributed by atoms with Crippen LogP contribution in [0.3, 0.4) is 0 Å². The molecule has 1 aliphatic rings. The lowest BCUT2D eigenvalue weighted by molar-refractivity contribution is 0.0820. The predicted octanol–water partition coefficient (Wildman–Crippen LogP) is 4.20. The summed E-state index contributed by atoms with van der Waals surface area (Å²) in [5.74, 6) is 0.313. The molecule has 23 heavy (non-hydrogen) atoms. The monoisotopic (exact) mass is 336 g/mol. The zero-order valence-corrected chi connectivity index (χ0v) is 15.3. The Bertz CT molecular complexity index is 515. The minimum absolute atomic E-state index is 0.0507. The molecule has 2 N–H and O–H groups in total. The Morgan fingerprint density at radius 3 is 2.30 bits per heavy atom. The van der Waals surface area contributed by atoms with Gasteiger partial charge in [-0.2, -0.15) is 0 Å². The number of nitrogens with one attached hydrogen (secondary N) is 1. The zero-order valence-electron chi connectivity index (χ0n) is 14.5. The van der Waals surface area contributed by atoms with Crippen molar-refractivity contribution in [1.29, 1.82) is 0 Å². The number of piperidine rings is 1. The molecule has 4 nitrogen and oxygen atoms in total. The van der Waals surface area contributed by atoms with E-state index in [0.29, 0.717) is 19.0 Å². The molecule has 0 spiro atoms. The molecule has 0 saturated carbocycles. The van der Waals surface area contributed by atoms with Crippen molar-refractivity contribution in [2.75, 3.05) is 18.4 Å². The summed E-state index contributed by atoms with van der Waals surface area (Å²) in [6, 6.07) is 7.95. The Balaban J connectivity index is 1.86. The number of anilines is 1. The van der Waals surface area contributed by atoms with Gasteiger partial charge in [-0.1, -0.05) is 20.8 Å². The van der Waals surface area contributed by atoms with Crippen molar-refractivity contribution in [3.8, 4) is 0 Å². The number of carbonyl (C=O) groups excluding carboxylic acids is 1. The van der Waals surface area contributed by atoms with Crippen LogP contribution in [0.25, 0.3) is 0 Å². The summed E-state index contributed by atoms with van der Waals surface area (Å²) in [5.41, 5.74) is 0.825. The average molecular weight is 337 g/mol. The maximum atomic E-state index is 12.3. The van der Waals surface area contributed by atoms with Crippen LogP contribution in [-0.4, -0.2) is 40.0 Å². The molecule has 1 aromatic rings. The van der Waals surface area contributed by atoms with E-state index >= 15 is 0 Å². The van der Waals surface area contributed by atoms with E-state index in [-0.39, 0.29) is 16.9 Å². The van der Waals surface area contributed by atoms with E-state index in [9.17, 15) is 9.90 Å². The highest BCUT2D eigenvalue weighted by Crippen LogP contribution is 2.32. The summed E-state index contributed by atoms with van der Waals surface area (Å²) >= 11 is 1.81. The van der Waals surface area contributed by atoms with E-state index < -0.39 is 0 Å². The number of hydrogen-bond donors (Lipinski definition) is 2. The Morgan fingerprint density at radius 1 is 1.26 bits per heavy atom. The van der Waals surface area contributed by atoms with E-state index in [4.69, 9.17) is 0 Å². The number of urea groups is 1. The molecule has 2 rings (SSSR count). The van der Waals surface area contributed by atoms with Crippen LogP contribution in [0.15, 0.2) is 29.2 Å². The third-order valence-electron chi connectivity index (χ3n) is 4.04. The van der Waals surface area contributed by atoms with Crippen LogP contribution in [0.4, 0.5) is 10.5 Å². The molecule has 128 valence electrons. The number of thioether (sulfide) groups is 1. The van der Waals surface area contributed by atoms with Crippen molar-refractivity contribution in [2.45, 2.75) is 56.3 Å². The molecule has 0 bridgehead atoms. The summed E-state index contributed by atoms with van der Waals surface area (Å²) in [6.45, 7) is 9.80. The largest absolute Gasteiger partial charge is 0.393 e. The van der Waals surface area contributed by atoms with Crippen LogP contribution in [0.1, 0.15) is 40.5 Å². The lowest BCUT2D eigenvalue weighted by Gasteiger charge is -2.33. The van der Waals surface area contributed by atoms with Crippen LogP contribution in [0.5, 0.6) is 0 Å². The lowest BCUT2D eigenvalue weighted by atomic mass is 9.92. The van der Waals surface area contributed by atoms with Gasteiger partial charge in [0.25, 0.3) is 0 Å². The highest BCUT2D eigenvalue weighted by Gasteiger charge is 2.25. The number of nitrogens with zero attached hydrogens (tertiary/aromatic N) is 1. The van der Waals surface area contributed by atoms with Crippen LogP contribution in [0, 0.1) is 5.92 Å². The maximum Gasteiger partial charge on any atom is 0.321 e. The minimum Gasteiger partial charge on any atom is -0.393 e. The first kappa shape index (κ1) is 18.1. The highest BCUT2D eigenvalue weighted by molar-refractivity contribution is 8.00. The van der Waals surface area contributed by atoms with Crippen molar-refractivity contribution in [3.05, 3.63) is 24.3 Å². The number of rotatable bonds is 3. The SMILES string of the molecule is CC(O)C1CCN(C(=O)Nc2ccc(SC(C)(C)C)cc2)CC1. The summed E-state index contributed by atoms with van der Waals surface area (Å²) in [7, 11) is 0. The molecule has 1 heterocycles. The van der Waals surface area contributed by atoms with Gasteiger partial charge in [-0.15, -0.1) is 11.8 Å². The molecule has 0 radical (unpaired) electrons. The maximum absolute atomic E-state index is 12.3. The Morgan fingerprint density at radius 2 is 1.83 bits per heavy atom. The van der Waals surface area contributed by atoms with Crippen molar-refractivity contribution in [1.82, 2.24) is 4.90 Å². The second-order valence-electron chi connectivity index (χ2n) is 7.23. The number of amides is 2. The van der Waals surface area contributed by atoms with E-state index in [1.54, 1.807) is 0 Å². The van der Waals surface area contributed by atoms with Gasteiger partial charge in [0.05, 0.1) is 6.10 Å². The minimum atomic E-state index is -0.284. The summed E-state index contributed by atoms with van der Waals surface area (Å²) in [4.78, 5) is 15.3. The van der Waals surface area contributed by atoms with E-state index in [1.807, 2.05) is 47.9 Å². The van der Waals surface area contributed by atoms with Gasteiger partial charge >= 0.3 is 6.03 Å². The second kappa shape index (κ2) is 7.58. The third kappa shape index (κ3) is 5.74. The number of aliphatic hydroxyl groups is 1. The first-order valence-corrected chi connectivity index (χ1v) is 9.09. The summed E-state index contributed by atoms with van der Waals surface area (Å²) < 4.78 is 0.180.